The summed E-state index contributed by atoms with van der Waals surface area (Å²) >= 11 is 3.04. The van der Waals surface area contributed by atoms with Crippen LogP contribution in [0.3, 0.4) is 0 Å². The van der Waals surface area contributed by atoms with E-state index in [4.69, 9.17) is 4.98 Å². The largest absolute Gasteiger partial charge is 0.287 e. The Balaban J connectivity index is 1.80. The fourth-order valence-electron chi connectivity index (χ4n) is 3.58. The lowest BCUT2D eigenvalue weighted by atomic mass is 9.97. The van der Waals surface area contributed by atoms with E-state index in [2.05, 4.69) is 18.2 Å². The predicted octanol–water partition coefficient (Wildman–Crippen LogP) is 4.58. The number of aromatic nitrogens is 2. The summed E-state index contributed by atoms with van der Waals surface area (Å²) < 4.78 is 1.79. The normalized spacial score (nSPS) is 14.7. The van der Waals surface area contributed by atoms with E-state index < -0.39 is 0 Å². The molecule has 0 fully saturated rings. The molecule has 1 atom stereocenters. The molecular formula is C21H21N3OS2. The van der Waals surface area contributed by atoms with E-state index in [9.17, 15) is 10.1 Å². The van der Waals surface area contributed by atoms with Gasteiger partial charge in [-0.25, -0.2) is 4.98 Å². The van der Waals surface area contributed by atoms with Gasteiger partial charge in [-0.15, -0.1) is 11.3 Å². The van der Waals surface area contributed by atoms with Gasteiger partial charge in [0, 0.05) is 11.4 Å². The fraction of sp³-hybridized carbons (Fsp3) is 0.381. The molecule has 1 aromatic carbocycles. The van der Waals surface area contributed by atoms with Crippen LogP contribution < -0.4 is 5.56 Å². The number of fused-ring (bicyclic) bond motifs is 3. The first-order chi connectivity index (χ1) is 13.2. The van der Waals surface area contributed by atoms with Crippen molar-refractivity contribution in [3.8, 4) is 6.07 Å². The summed E-state index contributed by atoms with van der Waals surface area (Å²) in [4.78, 5) is 20.4. The van der Waals surface area contributed by atoms with Crippen molar-refractivity contribution in [3.63, 3.8) is 0 Å². The molecule has 2 aromatic heterocycles. The molecule has 0 radical (unpaired) electrons. The number of rotatable bonds is 5. The maximum absolute atomic E-state index is 13.4. The first kappa shape index (κ1) is 18.3. The molecule has 3 aromatic rings. The second-order valence-electron chi connectivity index (χ2n) is 6.87. The third-order valence-electron chi connectivity index (χ3n) is 4.97. The maximum Gasteiger partial charge on any atom is 0.263 e. The molecule has 0 bridgehead atoms. The Hall–Kier alpha value is -2.10. The molecule has 0 aliphatic heterocycles. The van der Waals surface area contributed by atoms with Gasteiger partial charge in [0.2, 0.25) is 0 Å². The summed E-state index contributed by atoms with van der Waals surface area (Å²) in [7, 11) is 0. The number of thiophene rings is 1. The van der Waals surface area contributed by atoms with Crippen LogP contribution in [0.1, 0.15) is 35.8 Å². The van der Waals surface area contributed by atoms with Gasteiger partial charge in [0.05, 0.1) is 16.7 Å². The highest BCUT2D eigenvalue weighted by Crippen LogP contribution is 2.35. The highest BCUT2D eigenvalue weighted by molar-refractivity contribution is 8.00. The number of benzene rings is 1. The Morgan fingerprint density at radius 3 is 2.85 bits per heavy atom. The van der Waals surface area contributed by atoms with Gasteiger partial charge in [-0.2, -0.15) is 5.26 Å². The molecule has 0 unspecified atom stereocenters. The minimum absolute atomic E-state index is 0.0583. The lowest BCUT2D eigenvalue weighted by molar-refractivity contribution is 0.595. The molecular weight excluding hydrogens is 374 g/mol. The van der Waals surface area contributed by atoms with Gasteiger partial charge in [0.25, 0.3) is 5.56 Å². The van der Waals surface area contributed by atoms with Gasteiger partial charge in [0.15, 0.2) is 5.16 Å². The molecule has 4 rings (SSSR count). The highest BCUT2D eigenvalue weighted by Gasteiger charge is 2.22. The Kier molecular flexibility index (Phi) is 5.33. The van der Waals surface area contributed by atoms with Gasteiger partial charge in [-0.3, -0.25) is 9.36 Å². The predicted molar refractivity (Wildman–Crippen MR) is 112 cm³/mol. The van der Waals surface area contributed by atoms with Gasteiger partial charge in [-0.05, 0) is 50.2 Å². The second-order valence-corrected chi connectivity index (χ2v) is 9.26. The molecule has 0 N–H and O–H groups in total. The van der Waals surface area contributed by atoms with Crippen LogP contribution >= 0.6 is 23.1 Å². The van der Waals surface area contributed by atoms with Gasteiger partial charge < -0.3 is 0 Å². The molecule has 0 spiro atoms. The van der Waals surface area contributed by atoms with Crippen molar-refractivity contribution in [2.75, 3.05) is 0 Å². The van der Waals surface area contributed by atoms with Crippen LogP contribution in [0.2, 0.25) is 0 Å². The van der Waals surface area contributed by atoms with Crippen LogP contribution in [0.25, 0.3) is 10.2 Å². The summed E-state index contributed by atoms with van der Waals surface area (Å²) in [6, 6.07) is 12.4. The number of nitrogens with zero attached hydrogens (tertiary/aromatic N) is 3. The quantitative estimate of drug-likeness (QED) is 0.468. The summed E-state index contributed by atoms with van der Waals surface area (Å²) in [5.74, 6) is 0. The summed E-state index contributed by atoms with van der Waals surface area (Å²) in [5.41, 5.74) is 2.47. The van der Waals surface area contributed by atoms with Crippen molar-refractivity contribution in [2.24, 2.45) is 0 Å². The van der Waals surface area contributed by atoms with E-state index in [0.29, 0.717) is 11.7 Å². The molecule has 4 nitrogen and oxygen atoms in total. The van der Waals surface area contributed by atoms with Crippen LogP contribution in [0.15, 0.2) is 40.3 Å². The van der Waals surface area contributed by atoms with Crippen LogP contribution in [-0.2, 0) is 25.8 Å². The Bertz CT molecular complexity index is 1060. The number of hydrogen-bond donors (Lipinski definition) is 0. The van der Waals surface area contributed by atoms with Gasteiger partial charge in [0.1, 0.15) is 4.83 Å². The van der Waals surface area contributed by atoms with E-state index in [1.807, 2.05) is 25.1 Å². The number of hydrogen-bond acceptors (Lipinski definition) is 5. The van der Waals surface area contributed by atoms with Crippen LogP contribution in [-0.4, -0.2) is 14.8 Å². The zero-order chi connectivity index (χ0) is 18.8. The van der Waals surface area contributed by atoms with Gasteiger partial charge in [-0.1, -0.05) is 42.1 Å². The van der Waals surface area contributed by atoms with E-state index in [1.54, 1.807) is 15.9 Å². The van der Waals surface area contributed by atoms with Crippen LogP contribution in [0.4, 0.5) is 0 Å². The molecule has 1 aliphatic carbocycles. The lowest BCUT2D eigenvalue weighted by Crippen LogP contribution is -2.25. The molecule has 1 aliphatic rings. The number of thioether (sulfide) groups is 1. The zero-order valence-electron chi connectivity index (χ0n) is 15.3. The van der Waals surface area contributed by atoms with E-state index >= 15 is 0 Å². The van der Waals surface area contributed by atoms with Crippen molar-refractivity contribution >= 4 is 33.3 Å². The Labute approximate surface area is 166 Å². The van der Waals surface area contributed by atoms with E-state index in [-0.39, 0.29) is 10.8 Å². The SMILES string of the molecule is C[C@@H](C#N)Sc1nc2sc3c(c2c(=O)n1CCc1ccccc1)CCCC3. The van der Waals surface area contributed by atoms with Crippen molar-refractivity contribution < 1.29 is 0 Å². The minimum Gasteiger partial charge on any atom is -0.287 e. The monoisotopic (exact) mass is 395 g/mol. The van der Waals surface area contributed by atoms with Crippen LogP contribution in [0, 0.1) is 11.3 Å². The van der Waals surface area contributed by atoms with Crippen LogP contribution in [0.5, 0.6) is 0 Å². The maximum atomic E-state index is 13.4. The zero-order valence-corrected chi connectivity index (χ0v) is 16.9. The molecule has 0 saturated carbocycles. The average Bonchev–Trinajstić information content (AvgIpc) is 3.06. The first-order valence-corrected chi connectivity index (χ1v) is 11.0. The number of nitriles is 1. The number of aryl methyl sites for hydroxylation is 3. The third-order valence-corrected chi connectivity index (χ3v) is 7.14. The summed E-state index contributed by atoms with van der Waals surface area (Å²) in [5, 5.41) is 10.5. The second kappa shape index (κ2) is 7.87. The average molecular weight is 396 g/mol. The van der Waals surface area contributed by atoms with Gasteiger partial charge >= 0.3 is 0 Å². The Morgan fingerprint density at radius 2 is 2.07 bits per heavy atom. The molecule has 27 heavy (non-hydrogen) atoms. The third kappa shape index (κ3) is 3.67. The van der Waals surface area contributed by atoms with Crippen molar-refractivity contribution in [3.05, 3.63) is 56.7 Å². The van der Waals surface area contributed by atoms with Crippen molar-refractivity contribution in [1.82, 2.24) is 9.55 Å². The van der Waals surface area contributed by atoms with E-state index in [0.717, 1.165) is 35.9 Å². The topological polar surface area (TPSA) is 58.7 Å². The molecule has 6 heteroatoms. The summed E-state index contributed by atoms with van der Waals surface area (Å²) in [6.07, 6.45) is 5.14. The first-order valence-electron chi connectivity index (χ1n) is 9.32. The van der Waals surface area contributed by atoms with Crippen molar-refractivity contribution in [1.29, 1.82) is 5.26 Å². The highest BCUT2D eigenvalue weighted by atomic mass is 32.2. The standard InChI is InChI=1S/C21H21N3OS2/c1-14(13-22)26-21-23-19-18(16-9-5-6-10-17(16)27-19)20(25)24(21)12-11-15-7-3-2-4-8-15/h2-4,7-8,14H,5-6,9-12H2,1H3/t14-/m0/s1. The molecule has 138 valence electrons. The summed E-state index contributed by atoms with van der Waals surface area (Å²) in [6.45, 7) is 2.43. The molecule has 2 heterocycles. The Morgan fingerprint density at radius 1 is 1.30 bits per heavy atom. The fourth-order valence-corrected chi connectivity index (χ4v) is 5.70. The minimum atomic E-state index is -0.244. The lowest BCUT2D eigenvalue weighted by Gasteiger charge is -2.14. The smallest absolute Gasteiger partial charge is 0.263 e. The molecule has 0 amide bonds. The van der Waals surface area contributed by atoms with E-state index in [1.165, 1.54) is 34.2 Å². The molecule has 0 saturated heterocycles. The van der Waals surface area contributed by atoms with Crippen molar-refractivity contribution in [2.45, 2.75) is 56.0 Å².